The Kier molecular flexibility index (Phi) is 6.12. The lowest BCUT2D eigenvalue weighted by atomic mass is 10.2. The Balaban J connectivity index is 1.60. The van der Waals surface area contributed by atoms with Gasteiger partial charge in [0, 0.05) is 31.9 Å². The van der Waals surface area contributed by atoms with Crippen molar-refractivity contribution in [1.29, 1.82) is 0 Å². The second-order valence-corrected chi connectivity index (χ2v) is 6.91. The molecule has 2 aromatic carbocycles. The molecule has 0 aromatic heterocycles. The Morgan fingerprint density at radius 2 is 1.81 bits per heavy atom. The molecular formula is C20H23ClFN3O. The van der Waals surface area contributed by atoms with Crippen LogP contribution in [0, 0.1) is 5.82 Å². The summed E-state index contributed by atoms with van der Waals surface area (Å²) < 4.78 is 13.1. The van der Waals surface area contributed by atoms with E-state index in [0.717, 1.165) is 38.3 Å². The van der Waals surface area contributed by atoms with Gasteiger partial charge in [0.05, 0.1) is 16.8 Å². The summed E-state index contributed by atoms with van der Waals surface area (Å²) in [6, 6.07) is 13.6. The summed E-state index contributed by atoms with van der Waals surface area (Å²) in [5.41, 5.74) is 1.65. The number of carbonyl (C=O) groups excluding carboxylic acids is 1. The fraction of sp³-hybridized carbons (Fsp3) is 0.350. The van der Waals surface area contributed by atoms with Crippen molar-refractivity contribution in [2.45, 2.75) is 19.4 Å². The molecule has 1 aliphatic heterocycles. The van der Waals surface area contributed by atoms with Crippen molar-refractivity contribution in [2.75, 3.05) is 36.4 Å². The predicted octanol–water partition coefficient (Wildman–Crippen LogP) is 4.02. The Morgan fingerprint density at radius 1 is 1.08 bits per heavy atom. The first-order valence-corrected chi connectivity index (χ1v) is 9.22. The summed E-state index contributed by atoms with van der Waals surface area (Å²) in [4.78, 5) is 17.0. The number of hydrogen-bond acceptors (Lipinski definition) is 3. The van der Waals surface area contributed by atoms with Crippen LogP contribution in [0.3, 0.4) is 0 Å². The largest absolute Gasteiger partial charge is 0.370 e. The molecule has 1 heterocycles. The molecule has 1 amide bonds. The normalized spacial score (nSPS) is 16.8. The highest BCUT2D eigenvalue weighted by Gasteiger charge is 2.24. The zero-order chi connectivity index (χ0) is 18.5. The van der Waals surface area contributed by atoms with Crippen LogP contribution in [-0.2, 0) is 4.79 Å². The van der Waals surface area contributed by atoms with E-state index in [1.807, 2.05) is 19.1 Å². The van der Waals surface area contributed by atoms with Crippen LogP contribution in [0.4, 0.5) is 15.8 Å². The van der Waals surface area contributed by atoms with Gasteiger partial charge in [-0.2, -0.15) is 0 Å². The molecule has 1 unspecified atom stereocenters. The quantitative estimate of drug-likeness (QED) is 0.876. The summed E-state index contributed by atoms with van der Waals surface area (Å²) >= 11 is 6.12. The fourth-order valence-corrected chi connectivity index (χ4v) is 3.38. The van der Waals surface area contributed by atoms with Gasteiger partial charge in [-0.15, -0.1) is 0 Å². The van der Waals surface area contributed by atoms with E-state index in [2.05, 4.69) is 15.1 Å². The van der Waals surface area contributed by atoms with Crippen LogP contribution >= 0.6 is 11.6 Å². The third-order valence-electron chi connectivity index (χ3n) is 4.78. The average Bonchev–Trinajstić information content (AvgIpc) is 2.90. The number of hydrogen-bond donors (Lipinski definition) is 1. The molecule has 0 bridgehead atoms. The van der Waals surface area contributed by atoms with Gasteiger partial charge in [0.25, 0.3) is 0 Å². The van der Waals surface area contributed by atoms with Crippen LogP contribution in [0.1, 0.15) is 13.3 Å². The second-order valence-electron chi connectivity index (χ2n) is 6.50. The van der Waals surface area contributed by atoms with Gasteiger partial charge in [0.2, 0.25) is 5.91 Å². The number of amides is 1. The molecular weight excluding hydrogens is 353 g/mol. The van der Waals surface area contributed by atoms with Gasteiger partial charge >= 0.3 is 0 Å². The maximum atomic E-state index is 13.1. The molecule has 1 aliphatic rings. The van der Waals surface area contributed by atoms with E-state index < -0.39 is 0 Å². The van der Waals surface area contributed by atoms with Crippen LogP contribution in [0.2, 0.25) is 5.02 Å². The Bertz CT molecular complexity index is 753. The number of benzene rings is 2. The molecule has 1 fully saturated rings. The van der Waals surface area contributed by atoms with Crippen molar-refractivity contribution >= 4 is 28.9 Å². The molecule has 3 rings (SSSR count). The molecule has 1 atom stereocenters. The van der Waals surface area contributed by atoms with Crippen LogP contribution < -0.4 is 10.2 Å². The highest BCUT2D eigenvalue weighted by molar-refractivity contribution is 6.33. The molecule has 2 aromatic rings. The third-order valence-corrected chi connectivity index (χ3v) is 5.11. The minimum absolute atomic E-state index is 0.0617. The average molecular weight is 376 g/mol. The van der Waals surface area contributed by atoms with Gasteiger partial charge in [-0.3, -0.25) is 9.69 Å². The van der Waals surface area contributed by atoms with Crippen molar-refractivity contribution in [3.8, 4) is 0 Å². The van der Waals surface area contributed by atoms with Gasteiger partial charge < -0.3 is 10.2 Å². The topological polar surface area (TPSA) is 35.6 Å². The summed E-state index contributed by atoms with van der Waals surface area (Å²) in [5.74, 6) is -0.289. The van der Waals surface area contributed by atoms with Crippen molar-refractivity contribution in [3.05, 3.63) is 59.4 Å². The minimum atomic E-state index is -0.251. The number of carbonyl (C=O) groups is 1. The van der Waals surface area contributed by atoms with E-state index in [0.29, 0.717) is 10.7 Å². The third kappa shape index (κ3) is 4.54. The SMILES string of the molecule is CC(C(=O)Nc1ccccc1Cl)N1CCCN(c2ccc(F)cc2)CC1. The van der Waals surface area contributed by atoms with Crippen molar-refractivity contribution in [1.82, 2.24) is 4.90 Å². The lowest BCUT2D eigenvalue weighted by Crippen LogP contribution is -2.44. The van der Waals surface area contributed by atoms with E-state index in [1.165, 1.54) is 12.1 Å². The maximum absolute atomic E-state index is 13.1. The highest BCUT2D eigenvalue weighted by atomic mass is 35.5. The molecule has 4 nitrogen and oxygen atoms in total. The molecule has 0 radical (unpaired) electrons. The van der Waals surface area contributed by atoms with E-state index in [4.69, 9.17) is 11.6 Å². The molecule has 138 valence electrons. The number of rotatable bonds is 4. The van der Waals surface area contributed by atoms with Crippen LogP contribution in [0.5, 0.6) is 0 Å². The van der Waals surface area contributed by atoms with Crippen molar-refractivity contribution < 1.29 is 9.18 Å². The second kappa shape index (κ2) is 8.52. The zero-order valence-corrected chi connectivity index (χ0v) is 15.5. The molecule has 0 saturated carbocycles. The number of anilines is 2. The summed E-state index contributed by atoms with van der Waals surface area (Å²) in [6.07, 6.45) is 0.946. The standard InChI is InChI=1S/C20H23ClFN3O/c1-15(20(26)23-19-6-3-2-5-18(19)21)24-11-4-12-25(14-13-24)17-9-7-16(22)8-10-17/h2-3,5-10,15H,4,11-14H2,1H3,(H,23,26). The van der Waals surface area contributed by atoms with Crippen LogP contribution in [-0.4, -0.2) is 43.0 Å². The Labute approximate surface area is 158 Å². The van der Waals surface area contributed by atoms with E-state index in [-0.39, 0.29) is 17.8 Å². The number of nitrogens with zero attached hydrogens (tertiary/aromatic N) is 2. The van der Waals surface area contributed by atoms with Crippen LogP contribution in [0.15, 0.2) is 48.5 Å². The Morgan fingerprint density at radius 3 is 2.54 bits per heavy atom. The molecule has 6 heteroatoms. The highest BCUT2D eigenvalue weighted by Crippen LogP contribution is 2.22. The smallest absolute Gasteiger partial charge is 0.241 e. The molecule has 1 N–H and O–H groups in total. The van der Waals surface area contributed by atoms with Gasteiger partial charge in [0.15, 0.2) is 0 Å². The predicted molar refractivity (Wildman–Crippen MR) is 104 cm³/mol. The van der Waals surface area contributed by atoms with Gasteiger partial charge in [-0.1, -0.05) is 23.7 Å². The van der Waals surface area contributed by atoms with Crippen molar-refractivity contribution in [3.63, 3.8) is 0 Å². The Hall–Kier alpha value is -2.11. The van der Waals surface area contributed by atoms with E-state index in [1.54, 1.807) is 24.3 Å². The maximum Gasteiger partial charge on any atom is 0.241 e. The zero-order valence-electron chi connectivity index (χ0n) is 14.8. The van der Waals surface area contributed by atoms with E-state index >= 15 is 0 Å². The number of nitrogens with one attached hydrogen (secondary N) is 1. The molecule has 1 saturated heterocycles. The first-order chi connectivity index (χ1) is 12.5. The first-order valence-electron chi connectivity index (χ1n) is 8.84. The van der Waals surface area contributed by atoms with Crippen LogP contribution in [0.25, 0.3) is 0 Å². The van der Waals surface area contributed by atoms with Gasteiger partial charge in [-0.25, -0.2) is 4.39 Å². The number of halogens is 2. The number of para-hydroxylation sites is 1. The first kappa shape index (κ1) is 18.7. The monoisotopic (exact) mass is 375 g/mol. The molecule has 0 spiro atoms. The molecule has 26 heavy (non-hydrogen) atoms. The molecule has 0 aliphatic carbocycles. The summed E-state index contributed by atoms with van der Waals surface area (Å²) in [7, 11) is 0. The fourth-order valence-electron chi connectivity index (χ4n) is 3.20. The van der Waals surface area contributed by atoms with Gasteiger partial charge in [-0.05, 0) is 49.7 Å². The summed E-state index contributed by atoms with van der Waals surface area (Å²) in [6.45, 7) is 5.22. The van der Waals surface area contributed by atoms with Crippen molar-refractivity contribution in [2.24, 2.45) is 0 Å². The lowest BCUT2D eigenvalue weighted by molar-refractivity contribution is -0.120. The lowest BCUT2D eigenvalue weighted by Gasteiger charge is -2.27. The van der Waals surface area contributed by atoms with Gasteiger partial charge in [0.1, 0.15) is 5.82 Å². The minimum Gasteiger partial charge on any atom is -0.370 e. The summed E-state index contributed by atoms with van der Waals surface area (Å²) in [5, 5.41) is 3.44. The van der Waals surface area contributed by atoms with E-state index in [9.17, 15) is 9.18 Å².